The molecule has 0 bridgehead atoms. The van der Waals surface area contributed by atoms with Gasteiger partial charge in [-0.2, -0.15) is 0 Å². The Morgan fingerprint density at radius 2 is 0.873 bits per heavy atom. The normalized spacial score (nSPS) is 12.9. The van der Waals surface area contributed by atoms with Gasteiger partial charge in [-0.25, -0.2) is 0 Å². The maximum Gasteiger partial charge on any atom is 0.143 e. The van der Waals surface area contributed by atoms with E-state index in [2.05, 4.69) is 217 Å². The van der Waals surface area contributed by atoms with Crippen LogP contribution in [0.5, 0.6) is 0 Å². The Balaban J connectivity index is 1.26. The topological polar surface area (TPSA) is 16.4 Å². The van der Waals surface area contributed by atoms with Crippen LogP contribution in [0.3, 0.4) is 0 Å². The number of hydrogen-bond acceptors (Lipinski definition) is 2. The smallest absolute Gasteiger partial charge is 0.143 e. The molecule has 55 heavy (non-hydrogen) atoms. The number of benzene rings is 9. The second-order valence-corrected chi connectivity index (χ2v) is 14.4. The Labute approximate surface area is 320 Å². The highest BCUT2D eigenvalue weighted by Gasteiger charge is 2.47. The van der Waals surface area contributed by atoms with Gasteiger partial charge < -0.3 is 9.32 Å². The molecule has 0 spiro atoms. The molecule has 0 aliphatic heterocycles. The molecular formula is C53H35NO. The van der Waals surface area contributed by atoms with Crippen LogP contribution < -0.4 is 4.90 Å². The lowest BCUT2D eigenvalue weighted by Crippen LogP contribution is -2.29. The van der Waals surface area contributed by atoms with Crippen LogP contribution in [0.2, 0.25) is 0 Å². The zero-order valence-corrected chi connectivity index (χ0v) is 30.1. The van der Waals surface area contributed by atoms with E-state index in [9.17, 15) is 0 Å². The van der Waals surface area contributed by atoms with Gasteiger partial charge in [0.25, 0.3) is 0 Å². The van der Waals surface area contributed by atoms with Gasteiger partial charge in [-0.3, -0.25) is 0 Å². The summed E-state index contributed by atoms with van der Waals surface area (Å²) in [5.41, 5.74) is 14.5. The van der Waals surface area contributed by atoms with Crippen molar-refractivity contribution in [1.82, 2.24) is 0 Å². The third kappa shape index (κ3) is 4.62. The Morgan fingerprint density at radius 1 is 0.382 bits per heavy atom. The van der Waals surface area contributed by atoms with Crippen molar-refractivity contribution in [2.75, 3.05) is 4.90 Å². The molecule has 258 valence electrons. The fraction of sp³-hybridized carbons (Fsp3) is 0.0189. The molecule has 9 aromatic carbocycles. The molecule has 0 radical (unpaired) electrons. The number of hydrogen-bond donors (Lipinski definition) is 0. The first-order valence-electron chi connectivity index (χ1n) is 18.9. The molecule has 0 saturated heterocycles. The minimum atomic E-state index is -0.540. The third-order valence-corrected chi connectivity index (χ3v) is 11.5. The zero-order chi connectivity index (χ0) is 36.3. The maximum atomic E-state index is 6.96. The highest BCUT2D eigenvalue weighted by Crippen LogP contribution is 2.59. The predicted molar refractivity (Wildman–Crippen MR) is 229 cm³/mol. The lowest BCUT2D eigenvalue weighted by atomic mass is 9.66. The van der Waals surface area contributed by atoms with Crippen molar-refractivity contribution < 1.29 is 4.42 Å². The number of furan rings is 1. The first-order chi connectivity index (χ1) is 27.3. The van der Waals surface area contributed by atoms with E-state index < -0.39 is 5.41 Å². The predicted octanol–water partition coefficient (Wildman–Crippen LogP) is 14.2. The summed E-state index contributed by atoms with van der Waals surface area (Å²) in [7, 11) is 0. The largest absolute Gasteiger partial charge is 0.455 e. The number of anilines is 3. The summed E-state index contributed by atoms with van der Waals surface area (Å²) >= 11 is 0. The molecule has 0 unspecified atom stereocenters. The molecular weight excluding hydrogens is 667 g/mol. The molecule has 2 heteroatoms. The number of nitrogens with zero attached hydrogens (tertiary/aromatic N) is 1. The van der Waals surface area contributed by atoms with Gasteiger partial charge in [-0.15, -0.1) is 0 Å². The molecule has 0 fully saturated rings. The quantitative estimate of drug-likeness (QED) is 0.172. The van der Waals surface area contributed by atoms with Gasteiger partial charge in [0.05, 0.1) is 11.1 Å². The molecule has 1 aliphatic rings. The summed E-state index contributed by atoms with van der Waals surface area (Å²) in [6.07, 6.45) is 0. The first kappa shape index (κ1) is 31.4. The Morgan fingerprint density at radius 3 is 1.53 bits per heavy atom. The summed E-state index contributed by atoms with van der Waals surface area (Å²) in [6.45, 7) is 0. The summed E-state index contributed by atoms with van der Waals surface area (Å²) in [5, 5.41) is 4.42. The lowest BCUT2D eigenvalue weighted by Gasteiger charge is -2.35. The van der Waals surface area contributed by atoms with Crippen LogP contribution in [0.1, 0.15) is 22.3 Å². The molecule has 0 atom stereocenters. The molecule has 0 saturated carbocycles. The fourth-order valence-electron chi connectivity index (χ4n) is 9.35. The maximum absolute atomic E-state index is 6.96. The molecule has 1 heterocycles. The van der Waals surface area contributed by atoms with Crippen molar-refractivity contribution in [2.45, 2.75) is 5.41 Å². The van der Waals surface area contributed by atoms with Crippen molar-refractivity contribution in [3.8, 4) is 22.3 Å². The van der Waals surface area contributed by atoms with Crippen molar-refractivity contribution in [1.29, 1.82) is 0 Å². The monoisotopic (exact) mass is 701 g/mol. The summed E-state index contributed by atoms with van der Waals surface area (Å²) in [6, 6.07) is 76.8. The van der Waals surface area contributed by atoms with Crippen LogP contribution in [-0.2, 0) is 5.41 Å². The highest BCUT2D eigenvalue weighted by atomic mass is 16.3. The summed E-state index contributed by atoms with van der Waals surface area (Å²) in [4.78, 5) is 2.37. The Hall–Kier alpha value is -7.16. The number of fused-ring (bicyclic) bond motifs is 8. The molecule has 0 N–H and O–H groups in total. The van der Waals surface area contributed by atoms with Crippen molar-refractivity contribution in [3.05, 3.63) is 235 Å². The van der Waals surface area contributed by atoms with Crippen LogP contribution in [0, 0.1) is 0 Å². The van der Waals surface area contributed by atoms with E-state index in [4.69, 9.17) is 4.42 Å². The standard InChI is InChI=1S/C53H35NO/c1-5-19-36(20-6-1)53(37-21-7-2-8-22-37)47-33-16-15-27-40(47)43-31-17-32-44(51(43)53)42-30-18-34-49-50(42)46-35-48(41-28-13-14-29-45(41)52(46)55-49)54(38-23-9-3-10-24-38)39-25-11-4-12-26-39/h1-35H. The molecule has 1 aromatic heterocycles. The van der Waals surface area contributed by atoms with Gasteiger partial charge in [-0.1, -0.05) is 176 Å². The first-order valence-corrected chi connectivity index (χ1v) is 18.9. The average Bonchev–Trinajstić information content (AvgIpc) is 3.80. The highest BCUT2D eigenvalue weighted by molar-refractivity contribution is 6.23. The molecule has 11 rings (SSSR count). The van der Waals surface area contributed by atoms with Crippen LogP contribution in [0.15, 0.2) is 217 Å². The van der Waals surface area contributed by atoms with E-state index in [0.717, 1.165) is 55.3 Å². The van der Waals surface area contributed by atoms with Gasteiger partial charge in [-0.05, 0) is 80.9 Å². The minimum absolute atomic E-state index is 0.540. The molecule has 10 aromatic rings. The minimum Gasteiger partial charge on any atom is -0.455 e. The second kappa shape index (κ2) is 12.5. The van der Waals surface area contributed by atoms with Gasteiger partial charge in [0.1, 0.15) is 11.2 Å². The van der Waals surface area contributed by atoms with Crippen molar-refractivity contribution in [2.24, 2.45) is 0 Å². The molecule has 0 amide bonds. The summed E-state index contributed by atoms with van der Waals surface area (Å²) < 4.78 is 6.96. The van der Waals surface area contributed by atoms with Crippen molar-refractivity contribution in [3.63, 3.8) is 0 Å². The van der Waals surface area contributed by atoms with E-state index in [1.807, 2.05) is 0 Å². The van der Waals surface area contributed by atoms with Gasteiger partial charge >= 0.3 is 0 Å². The van der Waals surface area contributed by atoms with E-state index in [-0.39, 0.29) is 0 Å². The molecule has 1 aliphatic carbocycles. The lowest BCUT2D eigenvalue weighted by molar-refractivity contribution is 0.673. The molecule has 2 nitrogen and oxygen atoms in total. The Bertz CT molecular complexity index is 2940. The van der Waals surface area contributed by atoms with E-state index in [0.29, 0.717) is 0 Å². The SMILES string of the molecule is c1ccc(N(c2ccccc2)c2cc3c(oc4cccc(-c5cccc6c5C(c5ccccc5)(c5ccccc5)c5ccccc5-6)c43)c3ccccc23)cc1. The number of para-hydroxylation sites is 2. The van der Waals surface area contributed by atoms with Crippen LogP contribution >= 0.6 is 0 Å². The fourth-order valence-corrected chi connectivity index (χ4v) is 9.35. The second-order valence-electron chi connectivity index (χ2n) is 14.4. The average molecular weight is 702 g/mol. The number of rotatable bonds is 6. The third-order valence-electron chi connectivity index (χ3n) is 11.5. The summed E-state index contributed by atoms with van der Waals surface area (Å²) in [5.74, 6) is 0. The van der Waals surface area contributed by atoms with Crippen molar-refractivity contribution >= 4 is 49.8 Å². The van der Waals surface area contributed by atoms with Gasteiger partial charge in [0.2, 0.25) is 0 Å². The zero-order valence-electron chi connectivity index (χ0n) is 30.1. The van der Waals surface area contributed by atoms with E-state index in [1.165, 1.54) is 38.9 Å². The van der Waals surface area contributed by atoms with E-state index in [1.54, 1.807) is 0 Å². The van der Waals surface area contributed by atoms with Gasteiger partial charge in [0, 0.05) is 32.9 Å². The Kier molecular flexibility index (Phi) is 7.11. The van der Waals surface area contributed by atoms with Crippen LogP contribution in [-0.4, -0.2) is 0 Å². The van der Waals surface area contributed by atoms with E-state index >= 15 is 0 Å². The van der Waals surface area contributed by atoms with Crippen LogP contribution in [0.4, 0.5) is 17.1 Å². The van der Waals surface area contributed by atoms with Gasteiger partial charge in [0.15, 0.2) is 0 Å². The van der Waals surface area contributed by atoms with Crippen LogP contribution in [0.25, 0.3) is 55.0 Å².